The molecule has 0 aliphatic carbocycles. The molecule has 0 unspecified atom stereocenters. The van der Waals surface area contributed by atoms with E-state index < -0.39 is 0 Å². The van der Waals surface area contributed by atoms with E-state index in [1.807, 2.05) is 30.3 Å². The fraction of sp³-hybridized carbons (Fsp3) is 0.278. The quantitative estimate of drug-likeness (QED) is 0.499. The molecule has 0 spiro atoms. The van der Waals surface area contributed by atoms with Crippen LogP contribution >= 0.6 is 0 Å². The van der Waals surface area contributed by atoms with Gasteiger partial charge in [-0.05, 0) is 29.8 Å². The third-order valence-electron chi connectivity index (χ3n) is 3.00. The average molecular weight is 300 g/mol. The van der Waals surface area contributed by atoms with Crippen LogP contribution in [-0.2, 0) is 16.1 Å². The van der Waals surface area contributed by atoms with E-state index in [4.69, 9.17) is 14.2 Å². The summed E-state index contributed by atoms with van der Waals surface area (Å²) in [6.07, 6.45) is 0.808. The predicted molar refractivity (Wildman–Crippen MR) is 84.2 cm³/mol. The second kappa shape index (κ2) is 9.71. The van der Waals surface area contributed by atoms with Crippen LogP contribution in [0, 0.1) is 0 Å². The van der Waals surface area contributed by atoms with Crippen LogP contribution in [-0.4, -0.2) is 32.7 Å². The molecule has 0 amide bonds. The lowest BCUT2D eigenvalue weighted by atomic mass is 10.2. The molecule has 116 valence electrons. The summed E-state index contributed by atoms with van der Waals surface area (Å²) in [5.74, 6) is 0.731. The maximum absolute atomic E-state index is 10.5. The van der Waals surface area contributed by atoms with Gasteiger partial charge in [-0.15, -0.1) is 0 Å². The molecule has 22 heavy (non-hydrogen) atoms. The van der Waals surface area contributed by atoms with Gasteiger partial charge < -0.3 is 14.2 Å². The molecule has 2 aromatic carbocycles. The Labute approximate surface area is 130 Å². The van der Waals surface area contributed by atoms with Crippen molar-refractivity contribution in [2.45, 2.75) is 6.61 Å². The lowest BCUT2D eigenvalue weighted by Crippen LogP contribution is -2.10. The van der Waals surface area contributed by atoms with Crippen molar-refractivity contribution in [2.75, 3.05) is 26.4 Å². The summed E-state index contributed by atoms with van der Waals surface area (Å²) in [5, 5.41) is 0. The number of rotatable bonds is 10. The molecule has 0 saturated carbocycles. The topological polar surface area (TPSA) is 44.8 Å². The van der Waals surface area contributed by atoms with Crippen LogP contribution in [0.5, 0.6) is 5.75 Å². The second-order valence-electron chi connectivity index (χ2n) is 4.69. The highest BCUT2D eigenvalue weighted by Gasteiger charge is 1.96. The highest BCUT2D eigenvalue weighted by Crippen LogP contribution is 2.10. The van der Waals surface area contributed by atoms with Crippen LogP contribution in [0.3, 0.4) is 0 Å². The van der Waals surface area contributed by atoms with Gasteiger partial charge in [0.25, 0.3) is 0 Å². The summed E-state index contributed by atoms with van der Waals surface area (Å²) in [5.41, 5.74) is 1.80. The number of hydrogen-bond donors (Lipinski definition) is 0. The third-order valence-corrected chi connectivity index (χ3v) is 3.00. The minimum Gasteiger partial charge on any atom is -0.491 e. The zero-order valence-electron chi connectivity index (χ0n) is 12.4. The van der Waals surface area contributed by atoms with E-state index in [-0.39, 0.29) is 0 Å². The van der Waals surface area contributed by atoms with Crippen LogP contribution in [0.25, 0.3) is 0 Å². The fourth-order valence-electron chi connectivity index (χ4n) is 1.85. The monoisotopic (exact) mass is 300 g/mol. The number of hydrogen-bond acceptors (Lipinski definition) is 4. The first-order chi connectivity index (χ1) is 10.9. The Morgan fingerprint density at radius 3 is 2.18 bits per heavy atom. The minimum atomic E-state index is 0.471. The van der Waals surface area contributed by atoms with Gasteiger partial charge in [0.2, 0.25) is 0 Å². The smallest absolute Gasteiger partial charge is 0.150 e. The van der Waals surface area contributed by atoms with Gasteiger partial charge >= 0.3 is 0 Å². The van der Waals surface area contributed by atoms with Crippen molar-refractivity contribution < 1.29 is 19.0 Å². The summed E-state index contributed by atoms with van der Waals surface area (Å²) in [7, 11) is 0. The average Bonchev–Trinajstić information content (AvgIpc) is 2.59. The van der Waals surface area contributed by atoms with Gasteiger partial charge in [-0.3, -0.25) is 4.79 Å². The van der Waals surface area contributed by atoms with Gasteiger partial charge in [0, 0.05) is 5.56 Å². The van der Waals surface area contributed by atoms with E-state index >= 15 is 0 Å². The maximum Gasteiger partial charge on any atom is 0.150 e. The van der Waals surface area contributed by atoms with Gasteiger partial charge in [-0.25, -0.2) is 0 Å². The van der Waals surface area contributed by atoms with Crippen LogP contribution < -0.4 is 4.74 Å². The van der Waals surface area contributed by atoms with Crippen LogP contribution in [0.15, 0.2) is 54.6 Å². The summed E-state index contributed by atoms with van der Waals surface area (Å²) in [4.78, 5) is 10.5. The van der Waals surface area contributed by atoms with Crippen LogP contribution in [0.1, 0.15) is 15.9 Å². The number of benzene rings is 2. The zero-order chi connectivity index (χ0) is 15.5. The molecule has 0 N–H and O–H groups in total. The molecule has 0 aromatic heterocycles. The highest BCUT2D eigenvalue weighted by molar-refractivity contribution is 5.74. The molecule has 0 aliphatic heterocycles. The van der Waals surface area contributed by atoms with E-state index in [9.17, 15) is 4.79 Å². The van der Waals surface area contributed by atoms with Crippen molar-refractivity contribution in [3.63, 3.8) is 0 Å². The Kier molecular flexibility index (Phi) is 7.15. The van der Waals surface area contributed by atoms with Crippen molar-refractivity contribution in [2.24, 2.45) is 0 Å². The molecule has 0 heterocycles. The predicted octanol–water partition coefficient (Wildman–Crippen LogP) is 3.11. The third kappa shape index (κ3) is 6.08. The van der Waals surface area contributed by atoms with Gasteiger partial charge in [0.15, 0.2) is 0 Å². The van der Waals surface area contributed by atoms with Gasteiger partial charge in [0.1, 0.15) is 18.6 Å². The first-order valence-electron chi connectivity index (χ1n) is 7.26. The minimum absolute atomic E-state index is 0.471. The normalized spacial score (nSPS) is 10.4. The van der Waals surface area contributed by atoms with E-state index in [1.165, 1.54) is 0 Å². The number of aldehydes is 1. The summed E-state index contributed by atoms with van der Waals surface area (Å²) >= 11 is 0. The maximum atomic E-state index is 10.5. The molecule has 4 heteroatoms. The molecular formula is C18H20O4. The zero-order valence-corrected chi connectivity index (χ0v) is 12.4. The largest absolute Gasteiger partial charge is 0.491 e. The van der Waals surface area contributed by atoms with Crippen molar-refractivity contribution in [3.05, 3.63) is 65.7 Å². The molecular weight excluding hydrogens is 280 g/mol. The fourth-order valence-corrected chi connectivity index (χ4v) is 1.85. The van der Waals surface area contributed by atoms with Gasteiger partial charge in [0.05, 0.1) is 26.4 Å². The lowest BCUT2D eigenvalue weighted by Gasteiger charge is -2.08. The summed E-state index contributed by atoms with van der Waals surface area (Å²) in [6.45, 7) is 2.68. The molecule has 2 rings (SSSR count). The second-order valence-corrected chi connectivity index (χ2v) is 4.69. The SMILES string of the molecule is O=Cc1ccc(OCCOCCOCc2ccccc2)cc1. The number of ether oxygens (including phenoxy) is 3. The molecule has 0 bridgehead atoms. The van der Waals surface area contributed by atoms with E-state index in [0.29, 0.717) is 38.6 Å². The van der Waals surface area contributed by atoms with E-state index in [2.05, 4.69) is 0 Å². The van der Waals surface area contributed by atoms with Crippen LogP contribution in [0.2, 0.25) is 0 Å². The van der Waals surface area contributed by atoms with Gasteiger partial charge in [-0.1, -0.05) is 30.3 Å². The Hall–Kier alpha value is -2.17. The Balaban J connectivity index is 1.48. The molecule has 4 nitrogen and oxygen atoms in total. The van der Waals surface area contributed by atoms with Crippen molar-refractivity contribution >= 4 is 6.29 Å². The lowest BCUT2D eigenvalue weighted by molar-refractivity contribution is 0.0303. The standard InChI is InChI=1S/C18H20O4/c19-14-16-6-8-18(9-7-16)22-13-12-20-10-11-21-15-17-4-2-1-3-5-17/h1-9,14H,10-13,15H2. The van der Waals surface area contributed by atoms with E-state index in [0.717, 1.165) is 17.6 Å². The van der Waals surface area contributed by atoms with Crippen molar-refractivity contribution in [3.8, 4) is 5.75 Å². The highest BCUT2D eigenvalue weighted by atomic mass is 16.5. The number of carbonyl (C=O) groups is 1. The summed E-state index contributed by atoms with van der Waals surface area (Å²) in [6, 6.07) is 17.0. The Morgan fingerprint density at radius 1 is 0.773 bits per heavy atom. The van der Waals surface area contributed by atoms with Crippen molar-refractivity contribution in [1.82, 2.24) is 0 Å². The van der Waals surface area contributed by atoms with Gasteiger partial charge in [-0.2, -0.15) is 0 Å². The summed E-state index contributed by atoms with van der Waals surface area (Å²) < 4.78 is 16.4. The Bertz CT molecular complexity index is 537. The van der Waals surface area contributed by atoms with Crippen molar-refractivity contribution in [1.29, 1.82) is 0 Å². The molecule has 0 aliphatic rings. The molecule has 0 fully saturated rings. The van der Waals surface area contributed by atoms with E-state index in [1.54, 1.807) is 24.3 Å². The molecule has 0 atom stereocenters. The number of carbonyl (C=O) groups excluding carboxylic acids is 1. The molecule has 0 radical (unpaired) electrons. The molecule has 0 saturated heterocycles. The molecule has 2 aromatic rings. The Morgan fingerprint density at radius 2 is 1.45 bits per heavy atom. The van der Waals surface area contributed by atoms with Crippen LogP contribution in [0.4, 0.5) is 0 Å². The first kappa shape index (κ1) is 16.2. The first-order valence-corrected chi connectivity index (χ1v) is 7.26.